The maximum absolute atomic E-state index is 12.0. The summed E-state index contributed by atoms with van der Waals surface area (Å²) < 4.78 is 0. The Labute approximate surface area is 132 Å². The van der Waals surface area contributed by atoms with Gasteiger partial charge in [0, 0.05) is 32.6 Å². The number of fused-ring (bicyclic) bond motifs is 1. The van der Waals surface area contributed by atoms with Gasteiger partial charge in [0.25, 0.3) is 0 Å². The van der Waals surface area contributed by atoms with Crippen LogP contribution in [-0.2, 0) is 11.3 Å². The van der Waals surface area contributed by atoms with Gasteiger partial charge in [0.2, 0.25) is 5.91 Å². The van der Waals surface area contributed by atoms with Gasteiger partial charge in [-0.3, -0.25) is 4.79 Å². The van der Waals surface area contributed by atoms with E-state index in [1.54, 1.807) is 0 Å². The Morgan fingerprint density at radius 1 is 1.00 bits per heavy atom. The summed E-state index contributed by atoms with van der Waals surface area (Å²) in [6.07, 6.45) is 4.11. The molecular weight excluding hydrogens is 272 g/mol. The highest BCUT2D eigenvalue weighted by Crippen LogP contribution is 2.18. The maximum Gasteiger partial charge on any atom is 0.222 e. The molecule has 1 saturated heterocycles. The van der Waals surface area contributed by atoms with Crippen LogP contribution in [0.5, 0.6) is 0 Å². The number of rotatable bonds is 5. The summed E-state index contributed by atoms with van der Waals surface area (Å²) in [5, 5.41) is 6.08. The summed E-state index contributed by atoms with van der Waals surface area (Å²) >= 11 is 0. The molecule has 3 nitrogen and oxygen atoms in total. The zero-order valence-electron chi connectivity index (χ0n) is 13.1. The highest BCUT2D eigenvalue weighted by molar-refractivity contribution is 5.85. The Morgan fingerprint density at radius 3 is 2.82 bits per heavy atom. The van der Waals surface area contributed by atoms with Crippen molar-refractivity contribution in [1.29, 1.82) is 0 Å². The van der Waals surface area contributed by atoms with Crippen LogP contribution in [0, 0.1) is 0 Å². The largest absolute Gasteiger partial charge is 0.341 e. The lowest BCUT2D eigenvalue weighted by molar-refractivity contribution is -0.130. The summed E-state index contributed by atoms with van der Waals surface area (Å²) in [5.74, 6) is 0.324. The Morgan fingerprint density at radius 2 is 1.86 bits per heavy atom. The van der Waals surface area contributed by atoms with E-state index in [1.807, 2.05) is 4.90 Å². The summed E-state index contributed by atoms with van der Waals surface area (Å²) in [6.45, 7) is 3.46. The second-order valence-electron chi connectivity index (χ2n) is 6.01. The summed E-state index contributed by atoms with van der Waals surface area (Å²) in [5.41, 5.74) is 1.32. The average Bonchev–Trinajstić information content (AvgIpc) is 2.76. The number of nitrogens with zero attached hydrogens (tertiary/aromatic N) is 1. The lowest BCUT2D eigenvalue weighted by Gasteiger charge is -2.20. The van der Waals surface area contributed by atoms with E-state index < -0.39 is 0 Å². The fourth-order valence-corrected chi connectivity index (χ4v) is 3.16. The fraction of sp³-hybridized carbons (Fsp3) is 0.421. The topological polar surface area (TPSA) is 32.3 Å². The van der Waals surface area contributed by atoms with Crippen molar-refractivity contribution in [2.45, 2.75) is 32.2 Å². The lowest BCUT2D eigenvalue weighted by Crippen LogP contribution is -2.36. The minimum atomic E-state index is 0.324. The fourth-order valence-electron chi connectivity index (χ4n) is 3.16. The first kappa shape index (κ1) is 15.0. The number of carbonyl (C=O) groups excluding carboxylic acids is 1. The van der Waals surface area contributed by atoms with Crippen molar-refractivity contribution in [1.82, 2.24) is 10.2 Å². The van der Waals surface area contributed by atoms with E-state index in [0.29, 0.717) is 5.91 Å². The normalized spacial score (nSPS) is 16.0. The molecule has 0 bridgehead atoms. The third-order valence-electron chi connectivity index (χ3n) is 4.43. The van der Waals surface area contributed by atoms with E-state index in [9.17, 15) is 4.79 Å². The molecule has 116 valence electrons. The number of nitrogens with one attached hydrogen (secondary N) is 1. The molecule has 1 aliphatic rings. The van der Waals surface area contributed by atoms with Gasteiger partial charge in [-0.2, -0.15) is 0 Å². The van der Waals surface area contributed by atoms with Gasteiger partial charge >= 0.3 is 0 Å². The van der Waals surface area contributed by atoms with Gasteiger partial charge in [0.15, 0.2) is 0 Å². The van der Waals surface area contributed by atoms with Gasteiger partial charge in [0.05, 0.1) is 0 Å². The minimum absolute atomic E-state index is 0.324. The smallest absolute Gasteiger partial charge is 0.222 e. The van der Waals surface area contributed by atoms with Crippen LogP contribution in [-0.4, -0.2) is 30.4 Å². The predicted octanol–water partition coefficient (Wildman–Crippen LogP) is 3.33. The van der Waals surface area contributed by atoms with Crippen LogP contribution in [0.1, 0.15) is 31.2 Å². The van der Waals surface area contributed by atoms with Gasteiger partial charge in [0.1, 0.15) is 0 Å². The molecule has 2 aromatic rings. The molecule has 3 heteroatoms. The number of likely N-dealkylation sites (tertiary alicyclic amines) is 1. The van der Waals surface area contributed by atoms with Crippen molar-refractivity contribution in [2.24, 2.45) is 0 Å². The molecule has 0 spiro atoms. The van der Waals surface area contributed by atoms with Crippen LogP contribution < -0.4 is 5.32 Å². The van der Waals surface area contributed by atoms with E-state index in [-0.39, 0.29) is 0 Å². The van der Waals surface area contributed by atoms with Gasteiger partial charge in [-0.05, 0) is 29.2 Å². The SMILES string of the molecule is O=C1CCCCCN1CCNCc1cccc2ccccc12. The second-order valence-corrected chi connectivity index (χ2v) is 6.01. The molecule has 1 aliphatic heterocycles. The van der Waals surface area contributed by atoms with E-state index in [4.69, 9.17) is 0 Å². The minimum Gasteiger partial charge on any atom is -0.341 e. The highest BCUT2D eigenvalue weighted by atomic mass is 16.2. The monoisotopic (exact) mass is 296 g/mol. The van der Waals surface area contributed by atoms with E-state index in [0.717, 1.165) is 45.4 Å². The molecule has 1 fully saturated rings. The summed E-state index contributed by atoms with van der Waals surface area (Å²) in [7, 11) is 0. The van der Waals surface area contributed by atoms with Crippen molar-refractivity contribution in [3.8, 4) is 0 Å². The molecule has 2 aromatic carbocycles. The van der Waals surface area contributed by atoms with Crippen LogP contribution in [0.15, 0.2) is 42.5 Å². The van der Waals surface area contributed by atoms with Crippen LogP contribution in [0.3, 0.4) is 0 Å². The van der Waals surface area contributed by atoms with Crippen molar-refractivity contribution < 1.29 is 4.79 Å². The molecule has 0 aromatic heterocycles. The average molecular weight is 296 g/mol. The third-order valence-corrected chi connectivity index (χ3v) is 4.43. The van der Waals surface area contributed by atoms with Gasteiger partial charge in [-0.1, -0.05) is 48.9 Å². The van der Waals surface area contributed by atoms with Gasteiger partial charge in [-0.25, -0.2) is 0 Å². The van der Waals surface area contributed by atoms with Crippen molar-refractivity contribution in [3.05, 3.63) is 48.0 Å². The molecule has 1 N–H and O–H groups in total. The van der Waals surface area contributed by atoms with Gasteiger partial charge < -0.3 is 10.2 Å². The Hall–Kier alpha value is -1.87. The quantitative estimate of drug-likeness (QED) is 0.858. The first-order valence-electron chi connectivity index (χ1n) is 8.30. The number of benzene rings is 2. The lowest BCUT2D eigenvalue weighted by atomic mass is 10.0. The van der Waals surface area contributed by atoms with E-state index in [2.05, 4.69) is 47.8 Å². The number of hydrogen-bond acceptors (Lipinski definition) is 2. The molecule has 0 unspecified atom stereocenters. The maximum atomic E-state index is 12.0. The first-order valence-corrected chi connectivity index (χ1v) is 8.30. The summed E-state index contributed by atoms with van der Waals surface area (Å²) in [4.78, 5) is 14.0. The molecule has 0 aliphatic carbocycles. The van der Waals surface area contributed by atoms with Crippen LogP contribution in [0.4, 0.5) is 0 Å². The van der Waals surface area contributed by atoms with Crippen LogP contribution >= 0.6 is 0 Å². The number of hydrogen-bond donors (Lipinski definition) is 1. The van der Waals surface area contributed by atoms with Crippen LogP contribution in [0.25, 0.3) is 10.8 Å². The van der Waals surface area contributed by atoms with Crippen molar-refractivity contribution in [2.75, 3.05) is 19.6 Å². The van der Waals surface area contributed by atoms with Gasteiger partial charge in [-0.15, -0.1) is 0 Å². The Kier molecular flexibility index (Phi) is 5.07. The molecular formula is C19H24N2O. The molecule has 1 amide bonds. The molecule has 22 heavy (non-hydrogen) atoms. The zero-order chi connectivity index (χ0) is 15.2. The molecule has 0 radical (unpaired) electrons. The number of amides is 1. The number of carbonyl (C=O) groups is 1. The zero-order valence-corrected chi connectivity index (χ0v) is 13.1. The molecule has 0 atom stereocenters. The van der Waals surface area contributed by atoms with Crippen LogP contribution in [0.2, 0.25) is 0 Å². The second kappa shape index (κ2) is 7.41. The Bertz CT molecular complexity index is 633. The molecule has 1 heterocycles. The predicted molar refractivity (Wildman–Crippen MR) is 90.7 cm³/mol. The summed E-state index contributed by atoms with van der Waals surface area (Å²) in [6, 6.07) is 14.9. The molecule has 0 saturated carbocycles. The third kappa shape index (κ3) is 3.66. The standard InChI is InChI=1S/C19H24N2O/c22-19-11-2-1-5-13-21(19)14-12-20-15-17-9-6-8-16-7-3-4-10-18(16)17/h3-4,6-10,20H,1-2,5,11-15H2. The van der Waals surface area contributed by atoms with E-state index in [1.165, 1.54) is 22.8 Å². The molecule has 3 rings (SSSR count). The van der Waals surface area contributed by atoms with E-state index >= 15 is 0 Å². The van der Waals surface area contributed by atoms with Crippen molar-refractivity contribution in [3.63, 3.8) is 0 Å². The highest BCUT2D eigenvalue weighted by Gasteiger charge is 2.15. The Balaban J connectivity index is 1.53. The van der Waals surface area contributed by atoms with Crippen molar-refractivity contribution >= 4 is 16.7 Å². The first-order chi connectivity index (χ1) is 10.8.